The van der Waals surface area contributed by atoms with E-state index in [1.54, 1.807) is 27.0 Å². The summed E-state index contributed by atoms with van der Waals surface area (Å²) in [5, 5.41) is 0. The standard InChI is InChI=1S/C26H33FN2O3/c1-16-13-21-17(2)22(28)11-10-19(21)25(29(16)15-26(3,4)27)20-9-7-18(14-23(20)31-5)8-12-24(30)32-6/h7-12,14,16,25H,13,15,28H2,1-6H3/b12-8+/t16-,25+/m1/s1. The maximum absolute atomic E-state index is 14.9. The smallest absolute Gasteiger partial charge is 0.330 e. The fourth-order valence-corrected chi connectivity index (χ4v) is 4.49. The normalized spacial score (nSPS) is 19.1. The SMILES string of the molecule is COC(=O)/C=C/c1ccc([C@@H]2c3ccc(N)c(C)c3C[C@@H](C)N2CC(C)(C)F)c(OC)c1. The molecule has 2 atom stereocenters. The Hall–Kier alpha value is -2.86. The van der Waals surface area contributed by atoms with Crippen LogP contribution in [0.1, 0.15) is 54.6 Å². The van der Waals surface area contributed by atoms with Gasteiger partial charge in [0.15, 0.2) is 0 Å². The molecule has 32 heavy (non-hydrogen) atoms. The minimum atomic E-state index is -1.36. The zero-order chi connectivity index (χ0) is 23.6. The molecule has 0 unspecified atom stereocenters. The van der Waals surface area contributed by atoms with E-state index in [0.717, 1.165) is 34.4 Å². The van der Waals surface area contributed by atoms with Gasteiger partial charge in [-0.05, 0) is 74.6 Å². The number of nitrogens with zero attached hydrogens (tertiary/aromatic N) is 1. The van der Waals surface area contributed by atoms with Gasteiger partial charge < -0.3 is 15.2 Å². The predicted molar refractivity (Wildman–Crippen MR) is 127 cm³/mol. The minimum Gasteiger partial charge on any atom is -0.496 e. The Morgan fingerprint density at radius 1 is 1.25 bits per heavy atom. The maximum Gasteiger partial charge on any atom is 0.330 e. The van der Waals surface area contributed by atoms with E-state index in [0.29, 0.717) is 5.75 Å². The van der Waals surface area contributed by atoms with Crippen LogP contribution < -0.4 is 10.5 Å². The number of halogens is 1. The number of hydrogen-bond acceptors (Lipinski definition) is 5. The highest BCUT2D eigenvalue weighted by Gasteiger charge is 2.38. The molecule has 1 heterocycles. The summed E-state index contributed by atoms with van der Waals surface area (Å²) in [6.45, 7) is 7.68. The third-order valence-corrected chi connectivity index (χ3v) is 6.09. The molecule has 0 bridgehead atoms. The topological polar surface area (TPSA) is 64.8 Å². The number of carbonyl (C=O) groups is 1. The number of hydrogen-bond donors (Lipinski definition) is 1. The largest absolute Gasteiger partial charge is 0.496 e. The molecule has 0 amide bonds. The number of alkyl halides is 1. The Morgan fingerprint density at radius 3 is 2.56 bits per heavy atom. The fourth-order valence-electron chi connectivity index (χ4n) is 4.49. The van der Waals surface area contributed by atoms with Crippen molar-refractivity contribution in [2.24, 2.45) is 0 Å². The first-order valence-corrected chi connectivity index (χ1v) is 10.8. The summed E-state index contributed by atoms with van der Waals surface area (Å²) in [4.78, 5) is 13.7. The van der Waals surface area contributed by atoms with E-state index in [2.05, 4.69) is 22.6 Å². The number of nitrogens with two attached hydrogens (primary N) is 1. The van der Waals surface area contributed by atoms with Crippen molar-refractivity contribution in [2.45, 2.75) is 51.9 Å². The van der Waals surface area contributed by atoms with Crippen molar-refractivity contribution in [2.75, 3.05) is 26.5 Å². The molecule has 0 saturated carbocycles. The molecule has 0 fully saturated rings. The van der Waals surface area contributed by atoms with Crippen molar-refractivity contribution >= 4 is 17.7 Å². The average Bonchev–Trinajstić information content (AvgIpc) is 2.74. The highest BCUT2D eigenvalue weighted by Crippen LogP contribution is 2.44. The molecule has 0 saturated heterocycles. The van der Waals surface area contributed by atoms with Crippen LogP contribution in [-0.4, -0.2) is 43.3 Å². The van der Waals surface area contributed by atoms with Crippen molar-refractivity contribution < 1.29 is 18.7 Å². The van der Waals surface area contributed by atoms with E-state index < -0.39 is 11.6 Å². The molecule has 1 aliphatic heterocycles. The summed E-state index contributed by atoms with van der Waals surface area (Å²) in [7, 11) is 2.96. The first kappa shape index (κ1) is 23.8. The maximum atomic E-state index is 14.9. The number of esters is 1. The van der Waals surface area contributed by atoms with Crippen LogP contribution in [0.15, 0.2) is 36.4 Å². The van der Waals surface area contributed by atoms with E-state index in [1.165, 1.54) is 18.7 Å². The Morgan fingerprint density at radius 2 is 1.94 bits per heavy atom. The van der Waals surface area contributed by atoms with Gasteiger partial charge >= 0.3 is 5.97 Å². The third-order valence-electron chi connectivity index (χ3n) is 6.09. The number of methoxy groups -OCH3 is 2. The van der Waals surface area contributed by atoms with Gasteiger partial charge in [0.05, 0.1) is 20.3 Å². The zero-order valence-corrected chi connectivity index (χ0v) is 19.7. The van der Waals surface area contributed by atoms with Gasteiger partial charge in [0, 0.05) is 29.9 Å². The van der Waals surface area contributed by atoms with Gasteiger partial charge in [0.2, 0.25) is 0 Å². The van der Waals surface area contributed by atoms with Crippen molar-refractivity contribution in [1.82, 2.24) is 4.90 Å². The zero-order valence-electron chi connectivity index (χ0n) is 19.7. The molecule has 3 rings (SSSR count). The van der Waals surface area contributed by atoms with Gasteiger partial charge in [0.25, 0.3) is 0 Å². The first-order chi connectivity index (χ1) is 15.1. The Labute approximate surface area is 190 Å². The van der Waals surface area contributed by atoms with Crippen molar-refractivity contribution in [1.29, 1.82) is 0 Å². The monoisotopic (exact) mass is 440 g/mol. The molecular formula is C26H33FN2O3. The third kappa shape index (κ3) is 4.96. The highest BCUT2D eigenvalue weighted by atomic mass is 19.1. The summed E-state index contributed by atoms with van der Waals surface area (Å²) >= 11 is 0. The molecule has 0 aliphatic carbocycles. The molecule has 0 radical (unpaired) electrons. The van der Waals surface area contributed by atoms with E-state index in [1.807, 2.05) is 31.2 Å². The van der Waals surface area contributed by atoms with E-state index in [-0.39, 0.29) is 18.6 Å². The number of ether oxygens (including phenoxy) is 2. The second-order valence-corrected chi connectivity index (χ2v) is 9.05. The second-order valence-electron chi connectivity index (χ2n) is 9.05. The van der Waals surface area contributed by atoms with Crippen molar-refractivity contribution in [3.63, 3.8) is 0 Å². The van der Waals surface area contributed by atoms with Crippen LogP contribution in [0, 0.1) is 6.92 Å². The van der Waals surface area contributed by atoms with Crippen LogP contribution in [0.25, 0.3) is 6.08 Å². The molecule has 6 heteroatoms. The minimum absolute atomic E-state index is 0.117. The lowest BCUT2D eigenvalue weighted by Gasteiger charge is -2.45. The van der Waals surface area contributed by atoms with E-state index in [9.17, 15) is 9.18 Å². The van der Waals surface area contributed by atoms with E-state index >= 15 is 0 Å². The molecule has 2 N–H and O–H groups in total. The summed E-state index contributed by atoms with van der Waals surface area (Å²) < 4.78 is 25.3. The number of nitrogen functional groups attached to an aromatic ring is 1. The quantitative estimate of drug-likeness (QED) is 0.395. The van der Waals surface area contributed by atoms with Gasteiger partial charge in [-0.3, -0.25) is 4.90 Å². The Kier molecular flexibility index (Phi) is 6.94. The second kappa shape index (κ2) is 9.33. The lowest BCUT2D eigenvalue weighted by molar-refractivity contribution is -0.134. The Bertz CT molecular complexity index is 1030. The van der Waals surface area contributed by atoms with Crippen LogP contribution in [-0.2, 0) is 16.0 Å². The molecule has 2 aromatic carbocycles. The summed E-state index contributed by atoms with van der Waals surface area (Å²) in [5.41, 5.74) is 10.8. The Balaban J connectivity index is 2.16. The fraction of sp³-hybridized carbons (Fsp3) is 0.423. The van der Waals surface area contributed by atoms with Crippen LogP contribution in [0.3, 0.4) is 0 Å². The first-order valence-electron chi connectivity index (χ1n) is 10.8. The van der Waals surface area contributed by atoms with Crippen LogP contribution in [0.5, 0.6) is 5.75 Å². The molecular weight excluding hydrogens is 407 g/mol. The summed E-state index contributed by atoms with van der Waals surface area (Å²) in [5.74, 6) is 0.255. The van der Waals surface area contributed by atoms with Gasteiger partial charge in [-0.2, -0.15) is 0 Å². The lowest BCUT2D eigenvalue weighted by Crippen LogP contribution is -2.48. The highest BCUT2D eigenvalue weighted by molar-refractivity contribution is 5.87. The number of rotatable bonds is 6. The molecule has 2 aromatic rings. The molecule has 5 nitrogen and oxygen atoms in total. The van der Waals surface area contributed by atoms with Crippen LogP contribution in [0.2, 0.25) is 0 Å². The van der Waals surface area contributed by atoms with Crippen molar-refractivity contribution in [3.05, 3.63) is 64.2 Å². The van der Waals surface area contributed by atoms with Gasteiger partial charge in [-0.25, -0.2) is 9.18 Å². The van der Waals surface area contributed by atoms with Gasteiger partial charge in [-0.1, -0.05) is 18.2 Å². The number of fused-ring (bicyclic) bond motifs is 1. The molecule has 172 valence electrons. The van der Waals surface area contributed by atoms with Gasteiger partial charge in [0.1, 0.15) is 11.4 Å². The van der Waals surface area contributed by atoms with Crippen molar-refractivity contribution in [3.8, 4) is 5.75 Å². The number of carbonyl (C=O) groups excluding carboxylic acids is 1. The number of benzene rings is 2. The molecule has 0 aromatic heterocycles. The lowest BCUT2D eigenvalue weighted by atomic mass is 9.81. The summed E-state index contributed by atoms with van der Waals surface area (Å²) in [6.07, 6.45) is 3.86. The average molecular weight is 441 g/mol. The van der Waals surface area contributed by atoms with E-state index in [4.69, 9.17) is 10.5 Å². The number of anilines is 1. The van der Waals surface area contributed by atoms with Crippen LogP contribution in [0.4, 0.5) is 10.1 Å². The summed E-state index contributed by atoms with van der Waals surface area (Å²) in [6, 6.07) is 9.72. The molecule has 1 aliphatic rings. The van der Waals surface area contributed by atoms with Gasteiger partial charge in [-0.15, -0.1) is 0 Å². The van der Waals surface area contributed by atoms with Crippen LogP contribution >= 0.6 is 0 Å². The molecule has 0 spiro atoms. The predicted octanol–water partition coefficient (Wildman–Crippen LogP) is 4.86.